The number of nitrogens with zero attached hydrogens (tertiary/aromatic N) is 3. The first-order chi connectivity index (χ1) is 16.6. The Morgan fingerprint density at radius 1 is 1.26 bits per heavy atom. The van der Waals surface area contributed by atoms with Crippen molar-refractivity contribution in [3.63, 3.8) is 0 Å². The lowest BCUT2D eigenvalue weighted by Crippen LogP contribution is -2.42. The molecule has 9 nitrogen and oxygen atoms in total. The van der Waals surface area contributed by atoms with Crippen molar-refractivity contribution in [3.05, 3.63) is 41.5 Å². The third-order valence-corrected chi connectivity index (χ3v) is 7.49. The Balaban J connectivity index is 1.61. The highest BCUT2D eigenvalue weighted by Crippen LogP contribution is 2.28. The average molecular weight is 509 g/mol. The van der Waals surface area contributed by atoms with E-state index in [1.54, 1.807) is 30.9 Å². The number of rotatable bonds is 9. The fourth-order valence-electron chi connectivity index (χ4n) is 3.63. The van der Waals surface area contributed by atoms with Crippen LogP contribution in [0.25, 0.3) is 0 Å². The fourth-order valence-corrected chi connectivity index (χ4v) is 4.47. The Morgan fingerprint density at radius 2 is 1.97 bits per heavy atom. The van der Waals surface area contributed by atoms with Gasteiger partial charge >= 0.3 is 6.09 Å². The monoisotopic (exact) mass is 508 g/mol. The van der Waals surface area contributed by atoms with Gasteiger partial charge in [0, 0.05) is 31.7 Å². The molecular weight excluding hydrogens is 475 g/mol. The molecule has 0 bridgehead atoms. The average Bonchev–Trinajstić information content (AvgIpc) is 2.82. The summed E-state index contributed by atoms with van der Waals surface area (Å²) in [6.45, 7) is 8.08. The van der Waals surface area contributed by atoms with E-state index < -0.39 is 15.7 Å². The van der Waals surface area contributed by atoms with Gasteiger partial charge in [-0.1, -0.05) is 13.0 Å². The number of amides is 1. The minimum absolute atomic E-state index is 0.0146. The topological polar surface area (TPSA) is 111 Å². The van der Waals surface area contributed by atoms with Crippen molar-refractivity contribution in [2.24, 2.45) is 0 Å². The SMILES string of the molecule is CCS(=O)(=O)CCc1ccc(Nc2ncnc(OC3CCN(C(=O)OC(C)C)CC3)c2C)c(F)c1. The lowest BCUT2D eigenvalue weighted by atomic mass is 10.1. The molecule has 1 fully saturated rings. The number of benzene rings is 1. The molecule has 0 radical (unpaired) electrons. The van der Waals surface area contributed by atoms with E-state index >= 15 is 0 Å². The normalized spacial score (nSPS) is 14.7. The van der Waals surface area contributed by atoms with Gasteiger partial charge in [0.2, 0.25) is 5.88 Å². The van der Waals surface area contributed by atoms with Crippen LogP contribution in [0.1, 0.15) is 44.7 Å². The zero-order valence-corrected chi connectivity index (χ0v) is 21.4. The number of sulfone groups is 1. The van der Waals surface area contributed by atoms with E-state index in [-0.39, 0.29) is 41.9 Å². The van der Waals surface area contributed by atoms with Crippen molar-refractivity contribution in [1.82, 2.24) is 14.9 Å². The van der Waals surface area contributed by atoms with Gasteiger partial charge in [-0.2, -0.15) is 0 Å². The molecule has 35 heavy (non-hydrogen) atoms. The second-order valence-corrected chi connectivity index (χ2v) is 11.3. The molecule has 3 rings (SSSR count). The van der Waals surface area contributed by atoms with Crippen molar-refractivity contribution in [3.8, 4) is 5.88 Å². The summed E-state index contributed by atoms with van der Waals surface area (Å²) >= 11 is 0. The zero-order chi connectivity index (χ0) is 25.6. The number of hydrogen-bond donors (Lipinski definition) is 1. The second-order valence-electron chi connectivity index (χ2n) is 8.81. The van der Waals surface area contributed by atoms with Crippen molar-refractivity contribution in [1.29, 1.82) is 0 Å². The second kappa shape index (κ2) is 11.7. The number of ether oxygens (including phenoxy) is 2. The molecule has 1 amide bonds. The van der Waals surface area contributed by atoms with Crippen LogP contribution >= 0.6 is 0 Å². The highest BCUT2D eigenvalue weighted by molar-refractivity contribution is 7.91. The number of piperidine rings is 1. The number of likely N-dealkylation sites (tertiary alicyclic amines) is 1. The van der Waals surface area contributed by atoms with Crippen LogP contribution in [-0.2, 0) is 21.0 Å². The smallest absolute Gasteiger partial charge is 0.410 e. The van der Waals surface area contributed by atoms with Gasteiger partial charge in [0.1, 0.15) is 33.9 Å². The standard InChI is InChI=1S/C24H33FN4O5S/c1-5-35(31,32)13-10-18-6-7-21(20(25)14-18)28-22-17(4)23(27-15-26-22)34-19-8-11-29(12-9-19)24(30)33-16(2)3/h6-7,14-16,19H,5,8-13H2,1-4H3,(H,26,27,28). The molecule has 0 unspecified atom stereocenters. The van der Waals surface area contributed by atoms with Gasteiger partial charge in [-0.05, 0) is 44.9 Å². The Morgan fingerprint density at radius 3 is 2.60 bits per heavy atom. The molecule has 2 aromatic rings. The van der Waals surface area contributed by atoms with Gasteiger partial charge in [-0.25, -0.2) is 27.6 Å². The minimum Gasteiger partial charge on any atom is -0.474 e. The molecule has 2 heterocycles. The number of aromatic nitrogens is 2. The van der Waals surface area contributed by atoms with Gasteiger partial charge in [0.05, 0.1) is 23.1 Å². The molecule has 0 spiro atoms. The molecule has 1 saturated heterocycles. The van der Waals surface area contributed by atoms with Crippen LogP contribution < -0.4 is 10.1 Å². The van der Waals surface area contributed by atoms with Gasteiger partial charge in [0.25, 0.3) is 0 Å². The number of hydrogen-bond acceptors (Lipinski definition) is 8. The molecule has 1 N–H and O–H groups in total. The quantitative estimate of drug-likeness (QED) is 0.541. The van der Waals surface area contributed by atoms with Gasteiger partial charge in [-0.15, -0.1) is 0 Å². The fraction of sp³-hybridized carbons (Fsp3) is 0.542. The van der Waals surface area contributed by atoms with Crippen LogP contribution in [0.15, 0.2) is 24.5 Å². The summed E-state index contributed by atoms with van der Waals surface area (Å²) in [5, 5.41) is 2.98. The summed E-state index contributed by atoms with van der Waals surface area (Å²) in [5.74, 6) is 0.355. The van der Waals surface area contributed by atoms with E-state index in [1.165, 1.54) is 12.4 Å². The summed E-state index contributed by atoms with van der Waals surface area (Å²) in [6.07, 6.45) is 2.29. The highest BCUT2D eigenvalue weighted by Gasteiger charge is 2.26. The summed E-state index contributed by atoms with van der Waals surface area (Å²) in [4.78, 5) is 22.2. The van der Waals surface area contributed by atoms with Crippen LogP contribution in [0, 0.1) is 12.7 Å². The maximum absolute atomic E-state index is 14.7. The van der Waals surface area contributed by atoms with Gasteiger partial charge < -0.3 is 19.7 Å². The maximum atomic E-state index is 14.7. The maximum Gasteiger partial charge on any atom is 0.410 e. The van der Waals surface area contributed by atoms with Crippen LogP contribution in [0.2, 0.25) is 0 Å². The first-order valence-electron chi connectivity index (χ1n) is 11.8. The van der Waals surface area contributed by atoms with Crippen molar-refractivity contribution < 1.29 is 27.1 Å². The molecule has 0 aliphatic carbocycles. The molecular formula is C24H33FN4O5S. The van der Waals surface area contributed by atoms with E-state index in [1.807, 2.05) is 13.8 Å². The van der Waals surface area contributed by atoms with Crippen LogP contribution in [0.4, 0.5) is 20.7 Å². The van der Waals surface area contributed by atoms with Crippen LogP contribution in [-0.4, -0.2) is 66.2 Å². The van der Waals surface area contributed by atoms with E-state index in [9.17, 15) is 17.6 Å². The predicted molar refractivity (Wildman–Crippen MR) is 131 cm³/mol. The van der Waals surface area contributed by atoms with Crippen LogP contribution in [0.5, 0.6) is 5.88 Å². The van der Waals surface area contributed by atoms with E-state index in [0.717, 1.165) is 0 Å². The summed E-state index contributed by atoms with van der Waals surface area (Å²) < 4.78 is 49.4. The lowest BCUT2D eigenvalue weighted by Gasteiger charge is -2.32. The van der Waals surface area contributed by atoms with E-state index in [0.29, 0.717) is 48.8 Å². The summed E-state index contributed by atoms with van der Waals surface area (Å²) in [5.41, 5.74) is 1.46. The summed E-state index contributed by atoms with van der Waals surface area (Å²) in [7, 11) is -3.12. The molecule has 1 aliphatic rings. The molecule has 0 atom stereocenters. The molecule has 0 saturated carbocycles. The van der Waals surface area contributed by atoms with Crippen LogP contribution in [0.3, 0.4) is 0 Å². The largest absolute Gasteiger partial charge is 0.474 e. The summed E-state index contributed by atoms with van der Waals surface area (Å²) in [6, 6.07) is 4.60. The van der Waals surface area contributed by atoms with Crippen molar-refractivity contribution in [2.45, 2.75) is 59.2 Å². The number of anilines is 2. The highest BCUT2D eigenvalue weighted by atomic mass is 32.2. The number of carbonyl (C=O) groups is 1. The molecule has 1 aliphatic heterocycles. The van der Waals surface area contributed by atoms with E-state index in [4.69, 9.17) is 9.47 Å². The number of nitrogens with one attached hydrogen (secondary N) is 1. The Hall–Kier alpha value is -2.95. The number of carbonyl (C=O) groups excluding carboxylic acids is 1. The van der Waals surface area contributed by atoms with E-state index in [2.05, 4.69) is 15.3 Å². The molecule has 1 aromatic carbocycles. The molecule has 1 aromatic heterocycles. The van der Waals surface area contributed by atoms with Crippen molar-refractivity contribution in [2.75, 3.05) is 29.9 Å². The third-order valence-electron chi connectivity index (χ3n) is 5.78. The number of aryl methyl sites for hydroxylation is 1. The Bertz CT molecular complexity index is 1130. The first kappa shape index (κ1) is 26.7. The Kier molecular flexibility index (Phi) is 8.87. The zero-order valence-electron chi connectivity index (χ0n) is 20.6. The Labute approximate surface area is 206 Å². The third kappa shape index (κ3) is 7.51. The first-order valence-corrected chi connectivity index (χ1v) is 13.6. The van der Waals surface area contributed by atoms with Gasteiger partial charge in [-0.3, -0.25) is 0 Å². The minimum atomic E-state index is -3.12. The predicted octanol–water partition coefficient (Wildman–Crippen LogP) is 4.03. The molecule has 192 valence electrons. The molecule has 11 heteroatoms. The van der Waals surface area contributed by atoms with Gasteiger partial charge in [0.15, 0.2) is 0 Å². The number of halogens is 1. The lowest BCUT2D eigenvalue weighted by molar-refractivity contribution is 0.0505. The van der Waals surface area contributed by atoms with Crippen molar-refractivity contribution >= 4 is 27.4 Å².